The van der Waals surface area contributed by atoms with E-state index in [4.69, 9.17) is 5.26 Å². The molecule has 2 aromatic carbocycles. The molecule has 1 aliphatic heterocycles. The van der Waals surface area contributed by atoms with Crippen LogP contribution < -0.4 is 5.32 Å². The van der Waals surface area contributed by atoms with E-state index < -0.39 is 42.0 Å². The van der Waals surface area contributed by atoms with E-state index in [1.54, 1.807) is 0 Å². The Balaban J connectivity index is 1.50. The van der Waals surface area contributed by atoms with Gasteiger partial charge in [0.2, 0.25) is 5.91 Å². The van der Waals surface area contributed by atoms with Gasteiger partial charge < -0.3 is 5.32 Å². The standard InChI is InChI=1S/C28H32F4N4O/c1-18(2)35-9-11-36(12-10-35)24-7-4-8-28(31,32)27(24)34-25(37)16-20-5-3-6-23(26(20)30)21-13-19(17-33)14-22(29)15-21/h3,5-6,13-15,18,24,27H,4,7-12,16H2,1-2H3,(H,34,37)/t24?,27-/m1/s1. The molecule has 1 N–H and O–H groups in total. The number of hydrogen-bond acceptors (Lipinski definition) is 4. The molecule has 1 saturated heterocycles. The smallest absolute Gasteiger partial charge is 0.269 e. The number of benzene rings is 2. The van der Waals surface area contributed by atoms with Gasteiger partial charge in [-0.3, -0.25) is 14.6 Å². The highest BCUT2D eigenvalue weighted by atomic mass is 19.3. The predicted octanol–water partition coefficient (Wildman–Crippen LogP) is 4.74. The number of alkyl halides is 2. The van der Waals surface area contributed by atoms with Gasteiger partial charge in [-0.15, -0.1) is 0 Å². The second-order valence-electron chi connectivity index (χ2n) is 10.2. The maximum atomic E-state index is 15.3. The monoisotopic (exact) mass is 516 g/mol. The Bertz CT molecular complexity index is 1170. The summed E-state index contributed by atoms with van der Waals surface area (Å²) in [5, 5.41) is 11.6. The van der Waals surface area contributed by atoms with Gasteiger partial charge in [0.25, 0.3) is 5.92 Å². The Morgan fingerprint density at radius 2 is 1.89 bits per heavy atom. The van der Waals surface area contributed by atoms with Gasteiger partial charge in [0.05, 0.1) is 18.1 Å². The Kier molecular flexibility index (Phi) is 8.20. The molecule has 4 rings (SSSR count). The van der Waals surface area contributed by atoms with E-state index in [-0.39, 0.29) is 28.7 Å². The van der Waals surface area contributed by atoms with Crippen molar-refractivity contribution in [1.29, 1.82) is 5.26 Å². The van der Waals surface area contributed by atoms with Crippen molar-refractivity contribution in [3.63, 3.8) is 0 Å². The van der Waals surface area contributed by atoms with Gasteiger partial charge >= 0.3 is 0 Å². The second kappa shape index (κ2) is 11.2. The maximum absolute atomic E-state index is 15.3. The number of hydrogen-bond donors (Lipinski definition) is 1. The molecule has 2 aliphatic rings. The number of amides is 1. The lowest BCUT2D eigenvalue weighted by Crippen LogP contribution is -2.64. The molecule has 1 unspecified atom stereocenters. The summed E-state index contributed by atoms with van der Waals surface area (Å²) in [6.45, 7) is 7.09. The van der Waals surface area contributed by atoms with Gasteiger partial charge in [-0.05, 0) is 56.0 Å². The minimum absolute atomic E-state index is 0.0130. The number of piperazine rings is 1. The quantitative estimate of drug-likeness (QED) is 0.564. The van der Waals surface area contributed by atoms with E-state index in [1.807, 2.05) is 6.07 Å². The molecule has 2 atom stereocenters. The van der Waals surface area contributed by atoms with Crippen molar-refractivity contribution in [1.82, 2.24) is 15.1 Å². The zero-order valence-electron chi connectivity index (χ0n) is 21.1. The summed E-state index contributed by atoms with van der Waals surface area (Å²) in [4.78, 5) is 17.3. The van der Waals surface area contributed by atoms with Crippen LogP contribution in [0.15, 0.2) is 36.4 Å². The molecule has 0 bridgehead atoms. The molecule has 1 aliphatic carbocycles. The Morgan fingerprint density at radius 1 is 1.16 bits per heavy atom. The van der Waals surface area contributed by atoms with E-state index in [2.05, 4.69) is 29.0 Å². The summed E-state index contributed by atoms with van der Waals surface area (Å²) in [5.74, 6) is -5.19. The summed E-state index contributed by atoms with van der Waals surface area (Å²) >= 11 is 0. The van der Waals surface area contributed by atoms with Crippen molar-refractivity contribution >= 4 is 5.91 Å². The van der Waals surface area contributed by atoms with Crippen LogP contribution in [0.4, 0.5) is 17.6 Å². The van der Waals surface area contributed by atoms with Crippen LogP contribution in [0, 0.1) is 23.0 Å². The molecule has 1 heterocycles. The molecule has 1 saturated carbocycles. The SMILES string of the molecule is CC(C)N1CCN(C2CCCC(F)(F)[C@@H]2NC(=O)Cc2cccc(-c3cc(F)cc(C#N)c3)c2F)CC1. The van der Waals surface area contributed by atoms with Crippen LogP contribution in [0.2, 0.25) is 0 Å². The number of carbonyl (C=O) groups is 1. The van der Waals surface area contributed by atoms with Gasteiger partial charge in [0.15, 0.2) is 0 Å². The van der Waals surface area contributed by atoms with Crippen LogP contribution in [-0.4, -0.2) is 65.9 Å². The first kappa shape index (κ1) is 27.1. The number of nitrogens with zero attached hydrogens (tertiary/aromatic N) is 3. The van der Waals surface area contributed by atoms with Crippen molar-refractivity contribution in [3.8, 4) is 17.2 Å². The highest BCUT2D eigenvalue weighted by Crippen LogP contribution is 2.36. The molecule has 37 heavy (non-hydrogen) atoms. The Morgan fingerprint density at radius 3 is 2.57 bits per heavy atom. The lowest BCUT2D eigenvalue weighted by atomic mass is 9.85. The van der Waals surface area contributed by atoms with Crippen molar-refractivity contribution < 1.29 is 22.4 Å². The van der Waals surface area contributed by atoms with Gasteiger partial charge in [-0.1, -0.05) is 18.2 Å². The average Bonchev–Trinajstić information content (AvgIpc) is 2.86. The van der Waals surface area contributed by atoms with E-state index >= 15 is 13.2 Å². The summed E-state index contributed by atoms with van der Waals surface area (Å²) in [6, 6.07) is 8.23. The highest BCUT2D eigenvalue weighted by Gasteiger charge is 2.49. The fourth-order valence-corrected chi connectivity index (χ4v) is 5.48. The normalized spacial score (nSPS) is 22.5. The van der Waals surface area contributed by atoms with Crippen LogP contribution in [0.25, 0.3) is 11.1 Å². The summed E-state index contributed by atoms with van der Waals surface area (Å²) < 4.78 is 59.4. The second-order valence-corrected chi connectivity index (χ2v) is 10.2. The number of nitriles is 1. The molecule has 198 valence electrons. The summed E-state index contributed by atoms with van der Waals surface area (Å²) in [7, 11) is 0. The minimum Gasteiger partial charge on any atom is -0.345 e. The zero-order chi connectivity index (χ0) is 26.7. The van der Waals surface area contributed by atoms with Crippen LogP contribution in [-0.2, 0) is 11.2 Å². The topological polar surface area (TPSA) is 59.4 Å². The molecular formula is C28H32F4N4O. The molecule has 1 amide bonds. The summed E-state index contributed by atoms with van der Waals surface area (Å²) in [6.07, 6.45) is 0.210. The number of halogens is 4. The third-order valence-electron chi connectivity index (χ3n) is 7.48. The molecular weight excluding hydrogens is 484 g/mol. The Labute approximate surface area is 215 Å². The van der Waals surface area contributed by atoms with Gasteiger partial charge in [0, 0.05) is 50.2 Å². The van der Waals surface area contributed by atoms with E-state index in [0.29, 0.717) is 32.0 Å². The lowest BCUT2D eigenvalue weighted by Gasteiger charge is -2.47. The fraction of sp³-hybridized carbons (Fsp3) is 0.500. The molecule has 2 fully saturated rings. The van der Waals surface area contributed by atoms with E-state index in [1.165, 1.54) is 24.3 Å². The Hall–Kier alpha value is -2.96. The summed E-state index contributed by atoms with van der Waals surface area (Å²) in [5.41, 5.74) is 0.247. The van der Waals surface area contributed by atoms with Gasteiger partial charge in [-0.2, -0.15) is 5.26 Å². The van der Waals surface area contributed by atoms with Crippen LogP contribution >= 0.6 is 0 Å². The molecule has 0 radical (unpaired) electrons. The van der Waals surface area contributed by atoms with E-state index in [9.17, 15) is 9.18 Å². The zero-order valence-corrected chi connectivity index (χ0v) is 21.1. The van der Waals surface area contributed by atoms with Crippen molar-refractivity contribution in [2.75, 3.05) is 26.2 Å². The molecule has 5 nitrogen and oxygen atoms in total. The number of nitrogens with one attached hydrogen (secondary N) is 1. The van der Waals surface area contributed by atoms with Crippen LogP contribution in [0.5, 0.6) is 0 Å². The molecule has 0 spiro atoms. The van der Waals surface area contributed by atoms with E-state index in [0.717, 1.165) is 25.2 Å². The fourth-order valence-electron chi connectivity index (χ4n) is 5.48. The third-order valence-corrected chi connectivity index (χ3v) is 7.48. The molecule has 0 aromatic heterocycles. The lowest BCUT2D eigenvalue weighted by molar-refractivity contribution is -0.133. The van der Waals surface area contributed by atoms with Crippen molar-refractivity contribution in [3.05, 3.63) is 59.2 Å². The highest BCUT2D eigenvalue weighted by molar-refractivity contribution is 5.80. The first-order valence-corrected chi connectivity index (χ1v) is 12.7. The maximum Gasteiger partial charge on any atom is 0.269 e. The van der Waals surface area contributed by atoms with Gasteiger partial charge in [-0.25, -0.2) is 17.6 Å². The van der Waals surface area contributed by atoms with Crippen LogP contribution in [0.3, 0.4) is 0 Å². The first-order valence-electron chi connectivity index (χ1n) is 12.7. The van der Waals surface area contributed by atoms with Crippen molar-refractivity contribution in [2.45, 2.75) is 63.6 Å². The number of carbonyl (C=O) groups excluding carboxylic acids is 1. The first-order chi connectivity index (χ1) is 17.6. The van der Waals surface area contributed by atoms with Crippen LogP contribution in [0.1, 0.15) is 44.2 Å². The third kappa shape index (κ3) is 6.13. The molecule has 2 aromatic rings. The average molecular weight is 517 g/mol. The van der Waals surface area contributed by atoms with Gasteiger partial charge in [0.1, 0.15) is 17.7 Å². The predicted molar refractivity (Wildman–Crippen MR) is 133 cm³/mol. The molecule has 9 heteroatoms. The minimum atomic E-state index is -3.07. The number of rotatable bonds is 6. The largest absolute Gasteiger partial charge is 0.345 e. The van der Waals surface area contributed by atoms with Crippen molar-refractivity contribution in [2.24, 2.45) is 0 Å².